The van der Waals surface area contributed by atoms with E-state index in [2.05, 4.69) is 37.7 Å². The van der Waals surface area contributed by atoms with Crippen LogP contribution in [0, 0.1) is 0 Å². The van der Waals surface area contributed by atoms with Crippen molar-refractivity contribution in [2.75, 3.05) is 27.2 Å². The van der Waals surface area contributed by atoms with Crippen molar-refractivity contribution in [2.24, 2.45) is 0 Å². The van der Waals surface area contributed by atoms with Crippen LogP contribution in [-0.2, 0) is 0 Å². The molecule has 1 heterocycles. The van der Waals surface area contributed by atoms with E-state index in [0.29, 0.717) is 0 Å². The average Bonchev–Trinajstić information content (AvgIpc) is 1.83. The van der Waals surface area contributed by atoms with E-state index in [4.69, 9.17) is 0 Å². The van der Waals surface area contributed by atoms with Crippen molar-refractivity contribution in [3.05, 3.63) is 0 Å². The van der Waals surface area contributed by atoms with Crippen molar-refractivity contribution >= 4 is 0 Å². The van der Waals surface area contributed by atoms with Crippen LogP contribution >= 0.6 is 0 Å². The number of hydrogen-bond donors (Lipinski definition) is 0. The Bertz CT molecular complexity index is 117. The van der Waals surface area contributed by atoms with Gasteiger partial charge in [-0.2, -0.15) is 0 Å². The van der Waals surface area contributed by atoms with Crippen molar-refractivity contribution < 1.29 is 0 Å². The summed E-state index contributed by atoms with van der Waals surface area (Å²) in [5, 5.41) is 0. The molecule has 0 bridgehead atoms. The molecule has 2 nitrogen and oxygen atoms in total. The standard InChI is InChI=1S/C9H20N2/c1-5-8(2)11-6-9(7-11)10(3)4/h8-9H,5-7H2,1-4H3. The van der Waals surface area contributed by atoms with Gasteiger partial charge in [0.25, 0.3) is 0 Å². The van der Waals surface area contributed by atoms with Gasteiger partial charge in [0, 0.05) is 25.2 Å². The molecule has 0 aromatic carbocycles. The maximum Gasteiger partial charge on any atom is 0.0344 e. The maximum atomic E-state index is 2.55. The molecule has 1 unspecified atom stereocenters. The second-order valence-electron chi connectivity index (χ2n) is 3.83. The van der Waals surface area contributed by atoms with Crippen molar-refractivity contribution in [3.8, 4) is 0 Å². The zero-order chi connectivity index (χ0) is 8.43. The van der Waals surface area contributed by atoms with Crippen molar-refractivity contribution in [1.29, 1.82) is 0 Å². The highest BCUT2D eigenvalue weighted by Crippen LogP contribution is 2.16. The topological polar surface area (TPSA) is 6.48 Å². The van der Waals surface area contributed by atoms with Crippen molar-refractivity contribution in [2.45, 2.75) is 32.4 Å². The van der Waals surface area contributed by atoms with E-state index in [1.807, 2.05) is 0 Å². The van der Waals surface area contributed by atoms with E-state index >= 15 is 0 Å². The molecule has 0 spiro atoms. The zero-order valence-electron chi connectivity index (χ0n) is 8.17. The Hall–Kier alpha value is -0.0800. The SMILES string of the molecule is CCC(C)N1CC(N(C)C)C1. The van der Waals surface area contributed by atoms with Gasteiger partial charge in [-0.25, -0.2) is 0 Å². The largest absolute Gasteiger partial charge is 0.304 e. The van der Waals surface area contributed by atoms with Gasteiger partial charge in [0.1, 0.15) is 0 Å². The van der Waals surface area contributed by atoms with Gasteiger partial charge in [0.05, 0.1) is 0 Å². The Labute approximate surface area is 70.2 Å². The summed E-state index contributed by atoms with van der Waals surface area (Å²) >= 11 is 0. The second kappa shape index (κ2) is 3.55. The van der Waals surface area contributed by atoms with Crippen LogP contribution in [-0.4, -0.2) is 49.1 Å². The van der Waals surface area contributed by atoms with Crippen LogP contribution in [0.3, 0.4) is 0 Å². The van der Waals surface area contributed by atoms with E-state index in [1.54, 1.807) is 0 Å². The molecule has 1 aliphatic heterocycles. The number of hydrogen-bond acceptors (Lipinski definition) is 2. The minimum absolute atomic E-state index is 0.784. The first-order valence-electron chi connectivity index (χ1n) is 4.55. The van der Waals surface area contributed by atoms with E-state index in [-0.39, 0.29) is 0 Å². The first kappa shape index (κ1) is 9.01. The molecule has 0 amide bonds. The lowest BCUT2D eigenvalue weighted by Gasteiger charge is -2.45. The highest BCUT2D eigenvalue weighted by Gasteiger charge is 2.30. The Kier molecular flexibility index (Phi) is 2.90. The van der Waals surface area contributed by atoms with Gasteiger partial charge in [0.2, 0.25) is 0 Å². The normalized spacial score (nSPS) is 23.7. The molecule has 66 valence electrons. The molecule has 1 saturated heterocycles. The van der Waals surface area contributed by atoms with Gasteiger partial charge in [-0.3, -0.25) is 4.90 Å². The van der Waals surface area contributed by atoms with Gasteiger partial charge in [-0.15, -0.1) is 0 Å². The molecule has 1 atom stereocenters. The molecule has 0 aromatic heterocycles. The lowest BCUT2D eigenvalue weighted by Crippen LogP contribution is -2.59. The average molecular weight is 156 g/mol. The van der Waals surface area contributed by atoms with Crippen molar-refractivity contribution in [3.63, 3.8) is 0 Å². The highest BCUT2D eigenvalue weighted by molar-refractivity contribution is 4.87. The molecule has 0 N–H and O–H groups in total. The minimum atomic E-state index is 0.784. The van der Waals surface area contributed by atoms with E-state index in [9.17, 15) is 0 Å². The quantitative estimate of drug-likeness (QED) is 0.602. The number of likely N-dealkylation sites (N-methyl/N-ethyl adjacent to an activating group) is 1. The maximum absolute atomic E-state index is 2.55. The summed E-state index contributed by atoms with van der Waals surface area (Å²) in [5.74, 6) is 0. The molecule has 1 aliphatic rings. The summed E-state index contributed by atoms with van der Waals surface area (Å²) < 4.78 is 0. The molecule has 0 aromatic rings. The monoisotopic (exact) mass is 156 g/mol. The lowest BCUT2D eigenvalue weighted by molar-refractivity contribution is 0.0320. The van der Waals surface area contributed by atoms with E-state index < -0.39 is 0 Å². The van der Waals surface area contributed by atoms with E-state index in [0.717, 1.165) is 12.1 Å². The van der Waals surface area contributed by atoms with Gasteiger partial charge >= 0.3 is 0 Å². The molecule has 1 fully saturated rings. The van der Waals surface area contributed by atoms with Gasteiger partial charge in [-0.1, -0.05) is 6.92 Å². The molecule has 1 rings (SSSR count). The first-order chi connectivity index (χ1) is 5.15. The molecule has 11 heavy (non-hydrogen) atoms. The smallest absolute Gasteiger partial charge is 0.0344 e. The fourth-order valence-electron chi connectivity index (χ4n) is 1.43. The van der Waals surface area contributed by atoms with Crippen LogP contribution in [0.25, 0.3) is 0 Å². The second-order valence-corrected chi connectivity index (χ2v) is 3.83. The fourth-order valence-corrected chi connectivity index (χ4v) is 1.43. The Balaban J connectivity index is 2.18. The predicted octanol–water partition coefficient (Wildman–Crippen LogP) is 1.03. The molecule has 2 heteroatoms. The molecule has 0 aliphatic carbocycles. The summed E-state index contributed by atoms with van der Waals surface area (Å²) in [6, 6.07) is 1.59. The Morgan fingerprint density at radius 3 is 2.36 bits per heavy atom. The van der Waals surface area contributed by atoms with Crippen molar-refractivity contribution in [1.82, 2.24) is 9.80 Å². The van der Waals surface area contributed by atoms with Gasteiger partial charge in [0.15, 0.2) is 0 Å². The molecule has 0 saturated carbocycles. The summed E-state index contributed by atoms with van der Waals surface area (Å²) in [5.41, 5.74) is 0. The fraction of sp³-hybridized carbons (Fsp3) is 1.00. The van der Waals surface area contributed by atoms with Crippen LogP contribution in [0.2, 0.25) is 0 Å². The van der Waals surface area contributed by atoms with Crippen LogP contribution in [0.4, 0.5) is 0 Å². The first-order valence-corrected chi connectivity index (χ1v) is 4.55. The van der Waals surface area contributed by atoms with E-state index in [1.165, 1.54) is 19.5 Å². The zero-order valence-corrected chi connectivity index (χ0v) is 8.17. The summed E-state index contributed by atoms with van der Waals surface area (Å²) in [6.45, 7) is 7.10. The predicted molar refractivity (Wildman–Crippen MR) is 48.8 cm³/mol. The van der Waals surface area contributed by atoms with Crippen LogP contribution < -0.4 is 0 Å². The third kappa shape index (κ3) is 1.94. The summed E-state index contributed by atoms with van der Waals surface area (Å²) in [7, 11) is 4.33. The Morgan fingerprint density at radius 1 is 1.45 bits per heavy atom. The minimum Gasteiger partial charge on any atom is -0.304 e. The highest BCUT2D eigenvalue weighted by atomic mass is 15.3. The third-order valence-electron chi connectivity index (χ3n) is 2.83. The number of rotatable bonds is 3. The molecular formula is C9H20N2. The lowest BCUT2D eigenvalue weighted by atomic mass is 10.0. The van der Waals surface area contributed by atoms with Crippen LogP contribution in [0.1, 0.15) is 20.3 Å². The van der Waals surface area contributed by atoms with Gasteiger partial charge < -0.3 is 4.90 Å². The van der Waals surface area contributed by atoms with Crippen LogP contribution in [0.15, 0.2) is 0 Å². The van der Waals surface area contributed by atoms with Crippen LogP contribution in [0.5, 0.6) is 0 Å². The summed E-state index contributed by atoms with van der Waals surface area (Å²) in [6.07, 6.45) is 1.28. The molecular weight excluding hydrogens is 136 g/mol. The third-order valence-corrected chi connectivity index (χ3v) is 2.83. The molecule has 0 radical (unpaired) electrons. The van der Waals surface area contributed by atoms with Gasteiger partial charge in [-0.05, 0) is 27.4 Å². The Morgan fingerprint density at radius 2 is 2.00 bits per heavy atom. The number of likely N-dealkylation sites (tertiary alicyclic amines) is 1. The summed E-state index contributed by atoms with van der Waals surface area (Å²) in [4.78, 5) is 4.86. The number of nitrogens with zero attached hydrogens (tertiary/aromatic N) is 2.